The molecule has 1 saturated carbocycles. The van der Waals surface area contributed by atoms with Crippen LogP contribution in [0.1, 0.15) is 34.8 Å². The molecule has 0 spiro atoms. The third-order valence-electron chi connectivity index (χ3n) is 3.74. The van der Waals surface area contributed by atoms with Crippen molar-refractivity contribution < 1.29 is 14.7 Å². The fraction of sp³-hybridized carbons (Fsp3) is 0.375. The van der Waals surface area contributed by atoms with Crippen molar-refractivity contribution in [2.75, 3.05) is 6.54 Å². The second kappa shape index (κ2) is 5.90. The zero-order valence-electron chi connectivity index (χ0n) is 11.7. The van der Waals surface area contributed by atoms with Crippen LogP contribution in [0.15, 0.2) is 24.3 Å². The summed E-state index contributed by atoms with van der Waals surface area (Å²) >= 11 is 0. The van der Waals surface area contributed by atoms with Crippen molar-refractivity contribution in [2.45, 2.75) is 20.3 Å². The number of carboxylic acid groups (broad SMARTS) is 1. The molecule has 1 aliphatic carbocycles. The number of carbonyl (C=O) groups excluding carboxylic acids is 1. The normalized spacial score (nSPS) is 20.9. The standard InChI is InChI=1S/C16H19NO3/c1-10-7-13(4-3-12(10)5-6-15(18)19)16(20)17-9-14-8-11(14)2/h3-7,11,14H,8-9H2,1-2H3,(H,17,20)(H,18,19)/b6-5+. The largest absolute Gasteiger partial charge is 0.478 e. The lowest BCUT2D eigenvalue weighted by Crippen LogP contribution is -2.25. The van der Waals surface area contributed by atoms with Gasteiger partial charge in [0.25, 0.3) is 5.91 Å². The van der Waals surface area contributed by atoms with E-state index in [9.17, 15) is 9.59 Å². The van der Waals surface area contributed by atoms with Crippen LogP contribution in [-0.4, -0.2) is 23.5 Å². The first-order valence-corrected chi connectivity index (χ1v) is 6.77. The number of nitrogens with one attached hydrogen (secondary N) is 1. The van der Waals surface area contributed by atoms with Crippen LogP contribution < -0.4 is 5.32 Å². The van der Waals surface area contributed by atoms with Gasteiger partial charge in [-0.3, -0.25) is 4.79 Å². The van der Waals surface area contributed by atoms with Gasteiger partial charge in [-0.1, -0.05) is 13.0 Å². The highest BCUT2D eigenvalue weighted by Gasteiger charge is 2.32. The molecule has 0 saturated heterocycles. The van der Waals surface area contributed by atoms with E-state index >= 15 is 0 Å². The highest BCUT2D eigenvalue weighted by molar-refractivity contribution is 5.95. The summed E-state index contributed by atoms with van der Waals surface area (Å²) in [5.74, 6) is 0.295. The molecule has 1 aliphatic rings. The van der Waals surface area contributed by atoms with Crippen molar-refractivity contribution in [1.29, 1.82) is 0 Å². The predicted molar refractivity (Wildman–Crippen MR) is 77.5 cm³/mol. The lowest BCUT2D eigenvalue weighted by atomic mass is 10.0. The zero-order chi connectivity index (χ0) is 14.7. The topological polar surface area (TPSA) is 66.4 Å². The van der Waals surface area contributed by atoms with Gasteiger partial charge in [-0.05, 0) is 54.5 Å². The Balaban J connectivity index is 2.00. The number of carbonyl (C=O) groups is 2. The van der Waals surface area contributed by atoms with Gasteiger partial charge in [0.2, 0.25) is 0 Å². The van der Waals surface area contributed by atoms with Crippen LogP contribution in [0.4, 0.5) is 0 Å². The van der Waals surface area contributed by atoms with Crippen LogP contribution in [0.3, 0.4) is 0 Å². The van der Waals surface area contributed by atoms with Gasteiger partial charge in [-0.15, -0.1) is 0 Å². The average molecular weight is 273 g/mol. The molecule has 0 radical (unpaired) electrons. The molecule has 2 rings (SSSR count). The maximum atomic E-state index is 12.0. The maximum Gasteiger partial charge on any atom is 0.328 e. The first-order chi connectivity index (χ1) is 9.47. The number of hydrogen-bond donors (Lipinski definition) is 2. The van der Waals surface area contributed by atoms with Crippen molar-refractivity contribution in [2.24, 2.45) is 11.8 Å². The average Bonchev–Trinajstić information content (AvgIpc) is 3.10. The summed E-state index contributed by atoms with van der Waals surface area (Å²) in [5.41, 5.74) is 2.30. The zero-order valence-corrected chi connectivity index (χ0v) is 11.7. The molecule has 2 atom stereocenters. The van der Waals surface area contributed by atoms with Gasteiger partial charge in [-0.25, -0.2) is 4.79 Å². The van der Waals surface area contributed by atoms with Crippen molar-refractivity contribution in [3.8, 4) is 0 Å². The minimum absolute atomic E-state index is 0.0686. The van der Waals surface area contributed by atoms with E-state index in [1.807, 2.05) is 6.92 Å². The minimum Gasteiger partial charge on any atom is -0.478 e. The van der Waals surface area contributed by atoms with Gasteiger partial charge in [0.15, 0.2) is 0 Å². The summed E-state index contributed by atoms with van der Waals surface area (Å²) in [6.07, 6.45) is 3.82. The Bertz CT molecular complexity index is 563. The van der Waals surface area contributed by atoms with Gasteiger partial charge in [0.1, 0.15) is 0 Å². The lowest BCUT2D eigenvalue weighted by Gasteiger charge is -2.07. The Labute approximate surface area is 118 Å². The highest BCUT2D eigenvalue weighted by atomic mass is 16.4. The van der Waals surface area contributed by atoms with E-state index in [0.29, 0.717) is 11.5 Å². The highest BCUT2D eigenvalue weighted by Crippen LogP contribution is 2.36. The van der Waals surface area contributed by atoms with Crippen LogP contribution in [0.2, 0.25) is 0 Å². The summed E-state index contributed by atoms with van der Waals surface area (Å²) in [5, 5.41) is 11.5. The fourth-order valence-corrected chi connectivity index (χ4v) is 2.17. The second-order valence-electron chi connectivity index (χ2n) is 5.43. The number of benzene rings is 1. The molecule has 1 fully saturated rings. The van der Waals surface area contributed by atoms with E-state index in [2.05, 4.69) is 12.2 Å². The molecule has 1 amide bonds. The minimum atomic E-state index is -0.982. The van der Waals surface area contributed by atoms with E-state index in [-0.39, 0.29) is 5.91 Å². The van der Waals surface area contributed by atoms with E-state index in [0.717, 1.165) is 29.7 Å². The van der Waals surface area contributed by atoms with Crippen LogP contribution >= 0.6 is 0 Å². The second-order valence-corrected chi connectivity index (χ2v) is 5.43. The molecule has 4 nitrogen and oxygen atoms in total. The van der Waals surface area contributed by atoms with Gasteiger partial charge in [0, 0.05) is 18.2 Å². The SMILES string of the molecule is Cc1cc(C(=O)NCC2CC2C)ccc1/C=C/C(=O)O. The number of rotatable bonds is 5. The molecule has 0 bridgehead atoms. The van der Waals surface area contributed by atoms with Crippen LogP contribution in [0, 0.1) is 18.8 Å². The van der Waals surface area contributed by atoms with Crippen molar-refractivity contribution in [3.05, 3.63) is 41.0 Å². The number of aliphatic carboxylic acids is 1. The van der Waals surface area contributed by atoms with Crippen LogP contribution in [-0.2, 0) is 4.79 Å². The van der Waals surface area contributed by atoms with Gasteiger partial charge < -0.3 is 10.4 Å². The Kier molecular flexibility index (Phi) is 4.23. The summed E-state index contributed by atoms with van der Waals surface area (Å²) in [4.78, 5) is 22.5. The molecular formula is C16H19NO3. The first kappa shape index (κ1) is 14.3. The molecule has 20 heavy (non-hydrogen) atoms. The number of amides is 1. The van der Waals surface area contributed by atoms with Gasteiger partial charge in [-0.2, -0.15) is 0 Å². The quantitative estimate of drug-likeness (QED) is 0.810. The molecule has 0 heterocycles. The third kappa shape index (κ3) is 3.70. The summed E-state index contributed by atoms with van der Waals surface area (Å²) < 4.78 is 0. The van der Waals surface area contributed by atoms with E-state index in [4.69, 9.17) is 5.11 Å². The van der Waals surface area contributed by atoms with Crippen molar-refractivity contribution in [3.63, 3.8) is 0 Å². The summed E-state index contributed by atoms with van der Waals surface area (Å²) in [6, 6.07) is 5.27. The van der Waals surface area contributed by atoms with Gasteiger partial charge in [0.05, 0.1) is 0 Å². The molecule has 2 unspecified atom stereocenters. The molecule has 4 heteroatoms. The van der Waals surface area contributed by atoms with E-state index < -0.39 is 5.97 Å². The van der Waals surface area contributed by atoms with E-state index in [1.165, 1.54) is 12.5 Å². The first-order valence-electron chi connectivity index (χ1n) is 6.77. The summed E-state index contributed by atoms with van der Waals surface area (Å²) in [6.45, 7) is 4.78. The lowest BCUT2D eigenvalue weighted by molar-refractivity contribution is -0.131. The molecular weight excluding hydrogens is 254 g/mol. The molecule has 1 aromatic carbocycles. The maximum absolute atomic E-state index is 12.0. The monoisotopic (exact) mass is 273 g/mol. The van der Waals surface area contributed by atoms with E-state index in [1.54, 1.807) is 18.2 Å². The number of carboxylic acids is 1. The smallest absolute Gasteiger partial charge is 0.328 e. The third-order valence-corrected chi connectivity index (χ3v) is 3.74. The number of aryl methyl sites for hydroxylation is 1. The Morgan fingerprint density at radius 3 is 2.70 bits per heavy atom. The molecule has 0 aliphatic heterocycles. The van der Waals surface area contributed by atoms with Crippen LogP contribution in [0.5, 0.6) is 0 Å². The fourth-order valence-electron chi connectivity index (χ4n) is 2.17. The van der Waals surface area contributed by atoms with Crippen molar-refractivity contribution in [1.82, 2.24) is 5.32 Å². The van der Waals surface area contributed by atoms with Crippen LogP contribution in [0.25, 0.3) is 6.08 Å². The Hall–Kier alpha value is -2.10. The molecule has 106 valence electrons. The van der Waals surface area contributed by atoms with Crippen molar-refractivity contribution >= 4 is 18.0 Å². The number of hydrogen-bond acceptors (Lipinski definition) is 2. The molecule has 2 N–H and O–H groups in total. The predicted octanol–water partition coefficient (Wildman–Crippen LogP) is 2.48. The summed E-state index contributed by atoms with van der Waals surface area (Å²) in [7, 11) is 0. The molecule has 0 aromatic heterocycles. The van der Waals surface area contributed by atoms with Gasteiger partial charge >= 0.3 is 5.97 Å². The Morgan fingerprint density at radius 1 is 1.45 bits per heavy atom. The molecule has 1 aromatic rings. The Morgan fingerprint density at radius 2 is 2.15 bits per heavy atom.